The van der Waals surface area contributed by atoms with Gasteiger partial charge in [0.25, 0.3) is 0 Å². The zero-order valence-corrected chi connectivity index (χ0v) is 16.4. The summed E-state index contributed by atoms with van der Waals surface area (Å²) in [5, 5.41) is 2.69. The number of amides is 4. The predicted molar refractivity (Wildman–Crippen MR) is 103 cm³/mol. The van der Waals surface area contributed by atoms with Crippen LogP contribution in [-0.2, 0) is 22.7 Å². The highest BCUT2D eigenvalue weighted by Gasteiger charge is 2.31. The van der Waals surface area contributed by atoms with Gasteiger partial charge in [-0.2, -0.15) is 0 Å². The summed E-state index contributed by atoms with van der Waals surface area (Å²) in [4.78, 5) is 39.1. The van der Waals surface area contributed by atoms with Crippen molar-refractivity contribution in [2.24, 2.45) is 0 Å². The van der Waals surface area contributed by atoms with Crippen LogP contribution in [0.2, 0.25) is 5.02 Å². The van der Waals surface area contributed by atoms with Crippen molar-refractivity contribution in [1.29, 1.82) is 0 Å². The molecule has 1 saturated heterocycles. The van der Waals surface area contributed by atoms with Crippen molar-refractivity contribution in [3.05, 3.63) is 46.5 Å². The van der Waals surface area contributed by atoms with Crippen LogP contribution < -0.4 is 19.5 Å². The van der Waals surface area contributed by atoms with E-state index in [0.717, 1.165) is 11.1 Å². The average molecular weight is 430 g/mol. The first kappa shape index (κ1) is 18.6. The number of ether oxygens (including phenoxy) is 3. The molecule has 3 aliphatic rings. The number of nitrogens with zero attached hydrogens (tertiary/aromatic N) is 2. The maximum Gasteiger partial charge on any atom is 0.325 e. The molecule has 0 unspecified atom stereocenters. The predicted octanol–water partition coefficient (Wildman–Crippen LogP) is 2.25. The van der Waals surface area contributed by atoms with Crippen molar-refractivity contribution in [3.63, 3.8) is 0 Å². The summed E-state index contributed by atoms with van der Waals surface area (Å²) in [6.45, 7) is 0.213. The molecule has 0 aliphatic carbocycles. The Balaban J connectivity index is 1.50. The Kier molecular flexibility index (Phi) is 4.39. The van der Waals surface area contributed by atoms with Crippen LogP contribution in [-0.4, -0.2) is 47.5 Å². The van der Waals surface area contributed by atoms with Crippen LogP contribution in [0.4, 0.5) is 4.79 Å². The molecule has 0 aromatic heterocycles. The number of hydrogen-bond donors (Lipinski definition) is 1. The molecule has 9 nitrogen and oxygen atoms in total. The minimum absolute atomic E-state index is 0.116. The molecule has 0 bridgehead atoms. The summed E-state index contributed by atoms with van der Waals surface area (Å²) in [5.74, 6) is 1.50. The van der Waals surface area contributed by atoms with Crippen LogP contribution in [0.1, 0.15) is 11.1 Å². The molecule has 3 heterocycles. The summed E-state index contributed by atoms with van der Waals surface area (Å²) in [5.41, 5.74) is 1.45. The van der Waals surface area contributed by atoms with Gasteiger partial charge in [-0.05, 0) is 24.3 Å². The third-order valence-corrected chi connectivity index (χ3v) is 5.30. The van der Waals surface area contributed by atoms with Crippen LogP contribution in [0, 0.1) is 0 Å². The summed E-state index contributed by atoms with van der Waals surface area (Å²) in [7, 11) is 0. The number of imide groups is 1. The number of hydrogen-bond acceptors (Lipinski definition) is 6. The fourth-order valence-electron chi connectivity index (χ4n) is 3.59. The molecule has 5 rings (SSSR count). The Morgan fingerprint density at radius 3 is 2.43 bits per heavy atom. The Bertz CT molecular complexity index is 1090. The second-order valence-electron chi connectivity index (χ2n) is 7.13. The molecule has 0 spiro atoms. The smallest absolute Gasteiger partial charge is 0.325 e. The van der Waals surface area contributed by atoms with Crippen LogP contribution in [0.5, 0.6) is 23.0 Å². The SMILES string of the molecule is O=C1CN(CC(=O)N2Cc3cc(Cl)ccc3Oc3cc4c(cc3C2)OCO4)C(=O)N1. The largest absolute Gasteiger partial charge is 0.457 e. The van der Waals surface area contributed by atoms with Gasteiger partial charge in [-0.1, -0.05) is 11.6 Å². The van der Waals surface area contributed by atoms with Crippen LogP contribution in [0.25, 0.3) is 0 Å². The fraction of sp³-hybridized carbons (Fsp3) is 0.250. The van der Waals surface area contributed by atoms with Crippen LogP contribution in [0.3, 0.4) is 0 Å². The maximum atomic E-state index is 13.1. The number of rotatable bonds is 2. The van der Waals surface area contributed by atoms with E-state index < -0.39 is 11.9 Å². The molecule has 4 amide bonds. The van der Waals surface area contributed by atoms with Gasteiger partial charge in [0.2, 0.25) is 18.6 Å². The Labute approximate surface area is 176 Å². The maximum absolute atomic E-state index is 13.1. The van der Waals surface area contributed by atoms with Crippen molar-refractivity contribution in [1.82, 2.24) is 15.1 Å². The van der Waals surface area contributed by atoms with E-state index >= 15 is 0 Å². The highest BCUT2D eigenvalue weighted by atomic mass is 35.5. The lowest BCUT2D eigenvalue weighted by Crippen LogP contribution is -2.41. The van der Waals surface area contributed by atoms with E-state index in [1.165, 1.54) is 4.90 Å². The summed E-state index contributed by atoms with van der Waals surface area (Å²) < 4.78 is 17.0. The third-order valence-electron chi connectivity index (χ3n) is 5.07. The molecule has 2 aromatic rings. The molecule has 154 valence electrons. The highest BCUT2D eigenvalue weighted by Crippen LogP contribution is 2.42. The molecule has 1 fully saturated rings. The number of urea groups is 1. The van der Waals surface area contributed by atoms with E-state index in [1.807, 2.05) is 0 Å². The van der Waals surface area contributed by atoms with Crippen molar-refractivity contribution in [2.45, 2.75) is 13.1 Å². The third kappa shape index (κ3) is 3.37. The number of benzene rings is 2. The molecule has 0 saturated carbocycles. The van der Waals surface area contributed by atoms with E-state index in [4.69, 9.17) is 25.8 Å². The van der Waals surface area contributed by atoms with E-state index in [-0.39, 0.29) is 38.9 Å². The first-order chi connectivity index (χ1) is 14.5. The number of nitrogens with one attached hydrogen (secondary N) is 1. The minimum atomic E-state index is -0.573. The van der Waals surface area contributed by atoms with Gasteiger partial charge in [0.15, 0.2) is 11.5 Å². The summed E-state index contributed by atoms with van der Waals surface area (Å²) in [6, 6.07) is 8.13. The molecule has 0 radical (unpaired) electrons. The van der Waals surface area contributed by atoms with Gasteiger partial charge in [0.05, 0.1) is 0 Å². The fourth-order valence-corrected chi connectivity index (χ4v) is 3.79. The van der Waals surface area contributed by atoms with E-state index in [1.54, 1.807) is 35.2 Å². The van der Waals surface area contributed by atoms with Crippen molar-refractivity contribution < 1.29 is 28.6 Å². The molecule has 30 heavy (non-hydrogen) atoms. The Morgan fingerprint density at radius 2 is 1.70 bits per heavy atom. The van der Waals surface area contributed by atoms with E-state index in [9.17, 15) is 14.4 Å². The number of carbonyl (C=O) groups excluding carboxylic acids is 3. The van der Waals surface area contributed by atoms with Gasteiger partial charge in [0, 0.05) is 35.3 Å². The van der Waals surface area contributed by atoms with Gasteiger partial charge in [-0.15, -0.1) is 0 Å². The number of halogens is 1. The minimum Gasteiger partial charge on any atom is -0.457 e. The number of carbonyl (C=O) groups is 3. The molecule has 10 heteroatoms. The zero-order chi connectivity index (χ0) is 20.8. The van der Waals surface area contributed by atoms with E-state index in [2.05, 4.69) is 5.32 Å². The first-order valence-electron chi connectivity index (χ1n) is 9.21. The lowest BCUT2D eigenvalue weighted by atomic mass is 10.1. The molecular weight excluding hydrogens is 414 g/mol. The lowest BCUT2D eigenvalue weighted by Gasteiger charge is -2.29. The molecule has 1 N–H and O–H groups in total. The van der Waals surface area contributed by atoms with E-state index in [0.29, 0.717) is 28.0 Å². The van der Waals surface area contributed by atoms with Gasteiger partial charge < -0.3 is 24.0 Å². The topological polar surface area (TPSA) is 97.4 Å². The second-order valence-corrected chi connectivity index (χ2v) is 7.56. The van der Waals surface area contributed by atoms with Crippen molar-refractivity contribution in [2.75, 3.05) is 19.9 Å². The van der Waals surface area contributed by atoms with Crippen LogP contribution >= 0.6 is 11.6 Å². The van der Waals surface area contributed by atoms with Gasteiger partial charge in [0.1, 0.15) is 24.6 Å². The van der Waals surface area contributed by atoms with Gasteiger partial charge in [-0.3, -0.25) is 14.9 Å². The second kappa shape index (κ2) is 7.10. The van der Waals surface area contributed by atoms with Gasteiger partial charge >= 0.3 is 6.03 Å². The summed E-state index contributed by atoms with van der Waals surface area (Å²) in [6.07, 6.45) is 0. The molecular formula is C20H16ClN3O6. The van der Waals surface area contributed by atoms with Crippen molar-refractivity contribution >= 4 is 29.4 Å². The van der Waals surface area contributed by atoms with Gasteiger partial charge in [-0.25, -0.2) is 4.79 Å². The Morgan fingerprint density at radius 1 is 0.967 bits per heavy atom. The Hall–Kier alpha value is -3.46. The molecule has 3 aliphatic heterocycles. The lowest BCUT2D eigenvalue weighted by molar-refractivity contribution is -0.133. The van der Waals surface area contributed by atoms with Crippen molar-refractivity contribution in [3.8, 4) is 23.0 Å². The van der Waals surface area contributed by atoms with Crippen LogP contribution in [0.15, 0.2) is 30.3 Å². The highest BCUT2D eigenvalue weighted by molar-refractivity contribution is 6.30. The number of fused-ring (bicyclic) bond motifs is 3. The standard InChI is InChI=1S/C20H16ClN3O6/c21-13-1-2-14-11(3-13)6-23(19(26)9-24-8-18(25)22-20(24)27)7-12-4-16-17(29-10-28-16)5-15(12)30-14/h1-5H,6-10H2,(H,22,25,27). The molecule has 2 aromatic carbocycles. The normalized spacial score (nSPS) is 17.0. The average Bonchev–Trinajstić information content (AvgIpc) is 3.26. The zero-order valence-electron chi connectivity index (χ0n) is 15.6. The molecule has 0 atom stereocenters. The summed E-state index contributed by atoms with van der Waals surface area (Å²) >= 11 is 6.15. The quantitative estimate of drug-likeness (QED) is 0.735. The monoisotopic (exact) mass is 429 g/mol. The first-order valence-corrected chi connectivity index (χ1v) is 9.59.